The molecule has 0 aromatic carbocycles. The highest BCUT2D eigenvalue weighted by molar-refractivity contribution is 6.76. The average Bonchev–Trinajstić information content (AvgIpc) is 1.94. The summed E-state index contributed by atoms with van der Waals surface area (Å²) in [6.07, 6.45) is 1.01. The van der Waals surface area contributed by atoms with Crippen LogP contribution in [0, 0.1) is 5.92 Å². The molecule has 13 heavy (non-hydrogen) atoms. The van der Waals surface area contributed by atoms with Crippen LogP contribution in [0.5, 0.6) is 0 Å². The van der Waals surface area contributed by atoms with Crippen LogP contribution in [0.2, 0.25) is 25.7 Å². The summed E-state index contributed by atoms with van der Waals surface area (Å²) < 4.78 is 5.71. The quantitative estimate of drug-likeness (QED) is 0.695. The Bertz CT molecular complexity index is 165. The molecule has 1 aliphatic heterocycles. The molecule has 1 heterocycles. The van der Waals surface area contributed by atoms with Crippen molar-refractivity contribution in [3.8, 4) is 0 Å². The van der Waals surface area contributed by atoms with Crippen LogP contribution < -0.4 is 0 Å². The second-order valence-electron chi connectivity index (χ2n) is 5.50. The fraction of sp³-hybridized carbons (Fsp3) is 1.00. The smallest absolute Gasteiger partial charge is 0.0612 e. The minimum atomic E-state index is -1.03. The van der Waals surface area contributed by atoms with E-state index in [9.17, 15) is 5.11 Å². The van der Waals surface area contributed by atoms with Crippen LogP contribution in [0.15, 0.2) is 0 Å². The second kappa shape index (κ2) is 4.11. The molecule has 0 aromatic rings. The third kappa shape index (κ3) is 3.79. The van der Waals surface area contributed by atoms with Crippen LogP contribution in [0.3, 0.4) is 0 Å². The van der Waals surface area contributed by atoms with E-state index in [1.54, 1.807) is 0 Å². The van der Waals surface area contributed by atoms with Crippen LogP contribution in [-0.4, -0.2) is 32.0 Å². The van der Waals surface area contributed by atoms with Gasteiger partial charge in [0.25, 0.3) is 0 Å². The number of rotatable bonds is 2. The van der Waals surface area contributed by atoms with E-state index in [0.717, 1.165) is 13.0 Å². The van der Waals surface area contributed by atoms with Gasteiger partial charge in [-0.25, -0.2) is 0 Å². The Morgan fingerprint density at radius 3 is 2.46 bits per heavy atom. The van der Waals surface area contributed by atoms with Gasteiger partial charge in [0.2, 0.25) is 0 Å². The van der Waals surface area contributed by atoms with Crippen molar-refractivity contribution < 1.29 is 9.84 Å². The Kier molecular flexibility index (Phi) is 3.55. The van der Waals surface area contributed by atoms with Crippen molar-refractivity contribution >= 4 is 8.07 Å². The summed E-state index contributed by atoms with van der Waals surface area (Å²) in [5.41, 5.74) is 0. The zero-order chi connectivity index (χ0) is 10.1. The third-order valence-electron chi connectivity index (χ3n) is 2.60. The number of aliphatic hydroxyl groups is 1. The third-order valence-corrected chi connectivity index (χ3v) is 4.28. The molecular formula is C10H22O2Si. The van der Waals surface area contributed by atoms with Crippen molar-refractivity contribution in [2.24, 2.45) is 5.92 Å². The average molecular weight is 202 g/mol. The molecule has 0 spiro atoms. The maximum Gasteiger partial charge on any atom is 0.0612 e. The van der Waals surface area contributed by atoms with Gasteiger partial charge in [0, 0.05) is 14.0 Å². The topological polar surface area (TPSA) is 29.5 Å². The molecule has 0 radical (unpaired) electrons. The van der Waals surface area contributed by atoms with Gasteiger partial charge in [-0.3, -0.25) is 0 Å². The molecule has 0 aliphatic carbocycles. The first-order valence-electron chi connectivity index (χ1n) is 5.18. The normalized spacial score (nSPS) is 36.2. The fourth-order valence-corrected chi connectivity index (χ4v) is 3.44. The molecule has 1 rings (SSSR count). The Hall–Kier alpha value is 0.137. The van der Waals surface area contributed by atoms with Gasteiger partial charge in [0.05, 0.1) is 18.8 Å². The summed E-state index contributed by atoms with van der Waals surface area (Å²) in [7, 11) is -1.03. The number of hydrogen-bond acceptors (Lipinski definition) is 2. The van der Waals surface area contributed by atoms with Crippen molar-refractivity contribution in [2.45, 2.75) is 51.2 Å². The fourth-order valence-electron chi connectivity index (χ4n) is 1.79. The highest BCUT2D eigenvalue weighted by Crippen LogP contribution is 2.25. The maximum absolute atomic E-state index is 9.68. The monoisotopic (exact) mass is 202 g/mol. The van der Waals surface area contributed by atoms with Gasteiger partial charge in [-0.15, -0.1) is 0 Å². The molecule has 2 nitrogen and oxygen atoms in total. The minimum absolute atomic E-state index is 0.143. The van der Waals surface area contributed by atoms with Gasteiger partial charge in [0.15, 0.2) is 0 Å². The lowest BCUT2D eigenvalue weighted by molar-refractivity contribution is -0.0699. The summed E-state index contributed by atoms with van der Waals surface area (Å²) in [5, 5.41) is 9.68. The molecule has 1 saturated heterocycles. The first-order chi connectivity index (χ1) is 5.88. The summed E-state index contributed by atoms with van der Waals surface area (Å²) in [6, 6.07) is 1.18. The summed E-state index contributed by atoms with van der Waals surface area (Å²) >= 11 is 0. The van der Waals surface area contributed by atoms with Crippen molar-refractivity contribution in [3.05, 3.63) is 0 Å². The van der Waals surface area contributed by atoms with Crippen LogP contribution >= 0.6 is 0 Å². The molecule has 0 amide bonds. The molecule has 1 aliphatic rings. The van der Waals surface area contributed by atoms with E-state index in [1.165, 1.54) is 6.04 Å². The Morgan fingerprint density at radius 2 is 2.00 bits per heavy atom. The molecule has 1 N–H and O–H groups in total. The van der Waals surface area contributed by atoms with Crippen molar-refractivity contribution in [1.29, 1.82) is 0 Å². The van der Waals surface area contributed by atoms with E-state index in [1.807, 2.05) is 0 Å². The van der Waals surface area contributed by atoms with Gasteiger partial charge in [0.1, 0.15) is 0 Å². The lowest BCUT2D eigenvalue weighted by atomic mass is 9.97. The molecule has 0 aromatic heterocycles. The molecule has 0 unspecified atom stereocenters. The molecule has 3 heteroatoms. The predicted molar refractivity (Wildman–Crippen MR) is 57.7 cm³/mol. The van der Waals surface area contributed by atoms with Crippen LogP contribution in [-0.2, 0) is 4.74 Å². The minimum Gasteiger partial charge on any atom is -0.393 e. The first kappa shape index (κ1) is 11.2. The van der Waals surface area contributed by atoms with Crippen LogP contribution in [0.1, 0.15) is 13.3 Å². The largest absolute Gasteiger partial charge is 0.393 e. The molecular weight excluding hydrogens is 180 g/mol. The van der Waals surface area contributed by atoms with Crippen molar-refractivity contribution in [3.63, 3.8) is 0 Å². The van der Waals surface area contributed by atoms with Crippen LogP contribution in [0.25, 0.3) is 0 Å². The van der Waals surface area contributed by atoms with E-state index < -0.39 is 8.07 Å². The number of hydrogen-bond donors (Lipinski definition) is 1. The van der Waals surface area contributed by atoms with E-state index in [4.69, 9.17) is 4.74 Å². The van der Waals surface area contributed by atoms with Crippen LogP contribution in [0.4, 0.5) is 0 Å². The Morgan fingerprint density at radius 1 is 1.38 bits per heavy atom. The van der Waals surface area contributed by atoms with Crippen molar-refractivity contribution in [1.82, 2.24) is 0 Å². The molecule has 0 saturated carbocycles. The lowest BCUT2D eigenvalue weighted by Crippen LogP contribution is -2.39. The molecule has 78 valence electrons. The standard InChI is InChI=1S/C10H22O2Si/c1-8-6-12-9(5-10(8)11)7-13(2,3)4/h8-11H,5-7H2,1-4H3/t8-,9-,10-/m0/s1. The highest BCUT2D eigenvalue weighted by atomic mass is 28.3. The summed E-state index contributed by atoms with van der Waals surface area (Å²) in [6.45, 7) is 9.83. The van der Waals surface area contributed by atoms with E-state index in [2.05, 4.69) is 26.6 Å². The molecule has 3 atom stereocenters. The van der Waals surface area contributed by atoms with E-state index >= 15 is 0 Å². The first-order valence-corrected chi connectivity index (χ1v) is 8.89. The Balaban J connectivity index is 2.38. The maximum atomic E-state index is 9.68. The summed E-state index contributed by atoms with van der Waals surface area (Å²) in [5.74, 6) is 0.317. The summed E-state index contributed by atoms with van der Waals surface area (Å²) in [4.78, 5) is 0. The van der Waals surface area contributed by atoms with Gasteiger partial charge in [-0.2, -0.15) is 0 Å². The van der Waals surface area contributed by atoms with E-state index in [-0.39, 0.29) is 6.10 Å². The van der Waals surface area contributed by atoms with Gasteiger partial charge in [-0.05, 0) is 12.5 Å². The van der Waals surface area contributed by atoms with E-state index in [0.29, 0.717) is 12.0 Å². The molecule has 1 fully saturated rings. The Labute approximate surface area is 82.3 Å². The zero-order valence-electron chi connectivity index (χ0n) is 9.21. The SMILES string of the molecule is C[C@H]1CO[C@H](C[Si](C)(C)C)C[C@@H]1O. The van der Waals surface area contributed by atoms with Crippen molar-refractivity contribution in [2.75, 3.05) is 6.61 Å². The van der Waals surface area contributed by atoms with Gasteiger partial charge >= 0.3 is 0 Å². The van der Waals surface area contributed by atoms with Gasteiger partial charge in [-0.1, -0.05) is 26.6 Å². The highest BCUT2D eigenvalue weighted by Gasteiger charge is 2.29. The predicted octanol–water partition coefficient (Wildman–Crippen LogP) is 2.11. The lowest BCUT2D eigenvalue weighted by Gasteiger charge is -2.34. The van der Waals surface area contributed by atoms with Gasteiger partial charge < -0.3 is 9.84 Å². The second-order valence-corrected chi connectivity index (χ2v) is 11.0. The number of aliphatic hydroxyl groups excluding tert-OH is 1. The number of ether oxygens (including phenoxy) is 1. The molecule has 0 bridgehead atoms. The zero-order valence-corrected chi connectivity index (χ0v) is 10.2.